The van der Waals surface area contributed by atoms with Gasteiger partial charge in [0.15, 0.2) is 0 Å². The van der Waals surface area contributed by atoms with E-state index in [1.807, 2.05) is 12.1 Å². The molecule has 0 fully saturated rings. The van der Waals surface area contributed by atoms with E-state index in [-0.39, 0.29) is 0 Å². The van der Waals surface area contributed by atoms with Gasteiger partial charge < -0.3 is 15.5 Å². The number of nitrogens with zero attached hydrogens (tertiary/aromatic N) is 4. The van der Waals surface area contributed by atoms with Gasteiger partial charge in [0.2, 0.25) is 5.95 Å². The zero-order chi connectivity index (χ0) is 19.9. The highest BCUT2D eigenvalue weighted by Crippen LogP contribution is 2.25. The average Bonchev–Trinajstić information content (AvgIpc) is 2.72. The second-order valence-corrected chi connectivity index (χ2v) is 6.38. The maximum absolute atomic E-state index is 8.89. The molecule has 1 heterocycles. The van der Waals surface area contributed by atoms with Crippen LogP contribution in [0.2, 0.25) is 0 Å². The van der Waals surface area contributed by atoms with E-state index in [2.05, 4.69) is 70.5 Å². The molecule has 1 aromatic heterocycles. The summed E-state index contributed by atoms with van der Waals surface area (Å²) in [6.45, 7) is 8.36. The van der Waals surface area contributed by atoms with Crippen molar-refractivity contribution in [1.29, 1.82) is 5.26 Å². The van der Waals surface area contributed by atoms with E-state index in [1.165, 1.54) is 5.69 Å². The van der Waals surface area contributed by atoms with Crippen LogP contribution in [0.4, 0.5) is 28.8 Å². The van der Waals surface area contributed by atoms with Crippen molar-refractivity contribution in [2.75, 3.05) is 28.6 Å². The van der Waals surface area contributed by atoms with Crippen LogP contribution in [-0.2, 0) is 0 Å². The molecule has 142 valence electrons. The van der Waals surface area contributed by atoms with Crippen LogP contribution < -0.4 is 15.5 Å². The third-order valence-electron chi connectivity index (χ3n) is 4.53. The molecule has 0 saturated heterocycles. The number of rotatable bonds is 7. The fourth-order valence-electron chi connectivity index (χ4n) is 2.96. The molecule has 28 heavy (non-hydrogen) atoms. The molecular formula is C22H24N6. The minimum atomic E-state index is 0.525. The molecule has 0 saturated carbocycles. The van der Waals surface area contributed by atoms with Crippen molar-refractivity contribution in [3.63, 3.8) is 0 Å². The van der Waals surface area contributed by atoms with E-state index in [0.717, 1.165) is 30.0 Å². The van der Waals surface area contributed by atoms with E-state index in [1.54, 1.807) is 24.4 Å². The molecule has 2 N–H and O–H groups in total. The standard InChI is InChI=1S/C22H24N6/c1-4-28(5-2)19-10-11-20(16(3)14-19)26-22-24-13-12-21(27-22)25-18-8-6-17(15-23)7-9-18/h6-14H,4-5H2,1-3H3,(H2,24,25,26,27). The Balaban J connectivity index is 1.74. The Bertz CT molecular complexity index is 971. The number of hydrogen-bond donors (Lipinski definition) is 2. The van der Waals surface area contributed by atoms with Crippen LogP contribution in [0.15, 0.2) is 54.7 Å². The zero-order valence-corrected chi connectivity index (χ0v) is 16.4. The maximum atomic E-state index is 8.89. The van der Waals surface area contributed by atoms with Gasteiger partial charge in [-0.05, 0) is 74.9 Å². The molecule has 0 atom stereocenters. The van der Waals surface area contributed by atoms with Crippen molar-refractivity contribution in [3.8, 4) is 6.07 Å². The lowest BCUT2D eigenvalue weighted by atomic mass is 10.1. The number of nitriles is 1. The second kappa shape index (κ2) is 8.87. The highest BCUT2D eigenvalue weighted by Gasteiger charge is 2.07. The Morgan fingerprint density at radius 2 is 1.75 bits per heavy atom. The Morgan fingerprint density at radius 1 is 1.00 bits per heavy atom. The maximum Gasteiger partial charge on any atom is 0.229 e. The van der Waals surface area contributed by atoms with Crippen molar-refractivity contribution < 1.29 is 0 Å². The highest BCUT2D eigenvalue weighted by molar-refractivity contribution is 5.65. The molecule has 0 amide bonds. The lowest BCUT2D eigenvalue weighted by Gasteiger charge is -2.22. The Kier molecular flexibility index (Phi) is 6.07. The molecule has 0 radical (unpaired) electrons. The van der Waals surface area contributed by atoms with Gasteiger partial charge in [0.25, 0.3) is 0 Å². The summed E-state index contributed by atoms with van der Waals surface area (Å²) in [5.41, 5.74) is 4.82. The summed E-state index contributed by atoms with van der Waals surface area (Å²) in [5.74, 6) is 1.21. The number of aryl methyl sites for hydroxylation is 1. The number of anilines is 5. The smallest absolute Gasteiger partial charge is 0.229 e. The van der Waals surface area contributed by atoms with Crippen LogP contribution in [-0.4, -0.2) is 23.1 Å². The molecule has 3 rings (SSSR count). The van der Waals surface area contributed by atoms with E-state index in [0.29, 0.717) is 17.3 Å². The number of hydrogen-bond acceptors (Lipinski definition) is 6. The Morgan fingerprint density at radius 3 is 2.39 bits per heavy atom. The van der Waals surface area contributed by atoms with Crippen LogP contribution in [0.1, 0.15) is 25.0 Å². The van der Waals surface area contributed by atoms with Crippen LogP contribution in [0.25, 0.3) is 0 Å². The van der Waals surface area contributed by atoms with Gasteiger partial charge in [0, 0.05) is 36.3 Å². The summed E-state index contributed by atoms with van der Waals surface area (Å²) in [6, 6.07) is 17.5. The van der Waals surface area contributed by atoms with Crippen LogP contribution in [0.5, 0.6) is 0 Å². The van der Waals surface area contributed by atoms with Gasteiger partial charge in [-0.15, -0.1) is 0 Å². The van der Waals surface area contributed by atoms with E-state index in [9.17, 15) is 0 Å². The first-order valence-corrected chi connectivity index (χ1v) is 9.35. The van der Waals surface area contributed by atoms with Gasteiger partial charge >= 0.3 is 0 Å². The average molecular weight is 372 g/mol. The molecule has 0 spiro atoms. The van der Waals surface area contributed by atoms with Crippen molar-refractivity contribution in [2.45, 2.75) is 20.8 Å². The Hall–Kier alpha value is -3.59. The number of nitrogens with one attached hydrogen (secondary N) is 2. The molecule has 0 aliphatic heterocycles. The van der Waals surface area contributed by atoms with Crippen molar-refractivity contribution in [2.24, 2.45) is 0 Å². The first-order chi connectivity index (χ1) is 13.6. The van der Waals surface area contributed by atoms with E-state index in [4.69, 9.17) is 5.26 Å². The first kappa shape index (κ1) is 19.2. The largest absolute Gasteiger partial charge is 0.372 e. The quantitative estimate of drug-likeness (QED) is 0.608. The SMILES string of the molecule is CCN(CC)c1ccc(Nc2nccc(Nc3ccc(C#N)cc3)n2)c(C)c1. The minimum absolute atomic E-state index is 0.525. The molecular weight excluding hydrogens is 348 g/mol. The fraction of sp³-hybridized carbons (Fsp3) is 0.227. The molecule has 0 aliphatic rings. The summed E-state index contributed by atoms with van der Waals surface area (Å²) in [4.78, 5) is 11.2. The van der Waals surface area contributed by atoms with Gasteiger partial charge in [0.1, 0.15) is 5.82 Å². The van der Waals surface area contributed by atoms with Crippen LogP contribution in [0, 0.1) is 18.3 Å². The van der Waals surface area contributed by atoms with Gasteiger partial charge in [-0.25, -0.2) is 4.98 Å². The monoisotopic (exact) mass is 372 g/mol. The molecule has 6 nitrogen and oxygen atoms in total. The first-order valence-electron chi connectivity index (χ1n) is 9.35. The van der Waals surface area contributed by atoms with Gasteiger partial charge in [-0.2, -0.15) is 10.2 Å². The molecule has 0 bridgehead atoms. The predicted octanol–water partition coefficient (Wildman–Crippen LogP) is 4.99. The summed E-state index contributed by atoms with van der Waals surface area (Å²) in [7, 11) is 0. The molecule has 0 unspecified atom stereocenters. The lowest BCUT2D eigenvalue weighted by molar-refractivity contribution is 0.866. The second-order valence-electron chi connectivity index (χ2n) is 6.38. The highest BCUT2D eigenvalue weighted by atomic mass is 15.1. The number of benzene rings is 2. The lowest BCUT2D eigenvalue weighted by Crippen LogP contribution is -2.21. The number of aromatic nitrogens is 2. The molecule has 2 aromatic carbocycles. The van der Waals surface area contributed by atoms with Gasteiger partial charge in [-0.1, -0.05) is 0 Å². The van der Waals surface area contributed by atoms with Crippen molar-refractivity contribution in [3.05, 3.63) is 65.9 Å². The molecule has 0 aliphatic carbocycles. The summed E-state index contributed by atoms with van der Waals surface area (Å²) < 4.78 is 0. The summed E-state index contributed by atoms with van der Waals surface area (Å²) >= 11 is 0. The predicted molar refractivity (Wildman–Crippen MR) is 114 cm³/mol. The fourth-order valence-corrected chi connectivity index (χ4v) is 2.96. The van der Waals surface area contributed by atoms with E-state index < -0.39 is 0 Å². The van der Waals surface area contributed by atoms with E-state index >= 15 is 0 Å². The third kappa shape index (κ3) is 4.57. The normalized spacial score (nSPS) is 10.2. The van der Waals surface area contributed by atoms with Crippen molar-refractivity contribution in [1.82, 2.24) is 9.97 Å². The molecule has 6 heteroatoms. The van der Waals surface area contributed by atoms with Gasteiger partial charge in [-0.3, -0.25) is 0 Å². The topological polar surface area (TPSA) is 76.9 Å². The van der Waals surface area contributed by atoms with Gasteiger partial charge in [0.05, 0.1) is 11.6 Å². The zero-order valence-electron chi connectivity index (χ0n) is 16.4. The summed E-state index contributed by atoms with van der Waals surface area (Å²) in [5, 5.41) is 15.4. The van der Waals surface area contributed by atoms with Crippen LogP contribution in [0.3, 0.4) is 0 Å². The summed E-state index contributed by atoms with van der Waals surface area (Å²) in [6.07, 6.45) is 1.71. The minimum Gasteiger partial charge on any atom is -0.372 e. The van der Waals surface area contributed by atoms with Crippen molar-refractivity contribution >= 4 is 28.8 Å². The van der Waals surface area contributed by atoms with Crippen LogP contribution >= 0.6 is 0 Å². The molecule has 3 aromatic rings. The third-order valence-corrected chi connectivity index (χ3v) is 4.53. The Labute approximate surface area is 165 Å².